The minimum atomic E-state index is 0.278. The Kier molecular flexibility index (Phi) is 3.73. The summed E-state index contributed by atoms with van der Waals surface area (Å²) in [6, 6.07) is 5.89. The number of aromatic nitrogens is 3. The summed E-state index contributed by atoms with van der Waals surface area (Å²) in [6.45, 7) is 1.04. The quantitative estimate of drug-likeness (QED) is 0.915. The summed E-state index contributed by atoms with van der Waals surface area (Å²) in [5.74, 6) is 1.65. The topological polar surface area (TPSA) is 53.6 Å². The molecule has 100 valence electrons. The summed E-state index contributed by atoms with van der Waals surface area (Å²) in [4.78, 5) is 4.53. The highest BCUT2D eigenvalue weighted by Gasteiger charge is 2.20. The van der Waals surface area contributed by atoms with Crippen molar-refractivity contribution in [1.82, 2.24) is 20.5 Å². The van der Waals surface area contributed by atoms with Gasteiger partial charge in [-0.05, 0) is 31.0 Å². The van der Waals surface area contributed by atoms with Gasteiger partial charge in [-0.15, -0.1) is 0 Å². The fourth-order valence-corrected chi connectivity index (χ4v) is 2.70. The van der Waals surface area contributed by atoms with Gasteiger partial charge >= 0.3 is 0 Å². The van der Waals surface area contributed by atoms with Crippen molar-refractivity contribution in [3.05, 3.63) is 45.5 Å². The predicted octanol–water partition coefficient (Wildman–Crippen LogP) is 3.13. The van der Waals surface area contributed by atoms with E-state index < -0.39 is 0 Å². The second-order valence-corrected chi connectivity index (χ2v) is 5.46. The monoisotopic (exact) mass is 296 g/mol. The van der Waals surface area contributed by atoms with Crippen molar-refractivity contribution in [3.63, 3.8) is 0 Å². The number of benzene rings is 1. The number of halogens is 2. The lowest BCUT2D eigenvalue weighted by molar-refractivity contribution is 0.607. The molecule has 1 saturated heterocycles. The number of hydrogen-bond donors (Lipinski definition) is 2. The summed E-state index contributed by atoms with van der Waals surface area (Å²) in [5, 5.41) is 11.8. The van der Waals surface area contributed by atoms with Crippen molar-refractivity contribution in [2.45, 2.75) is 25.3 Å². The minimum absolute atomic E-state index is 0.278. The van der Waals surface area contributed by atoms with Gasteiger partial charge < -0.3 is 5.32 Å². The maximum Gasteiger partial charge on any atom is 0.167 e. The maximum atomic E-state index is 6.17. The third-order valence-corrected chi connectivity index (χ3v) is 4.17. The SMILES string of the molecule is Clc1cccc(Cc2nc(C3CCCN3)n[nH]2)c1Cl. The van der Waals surface area contributed by atoms with Crippen LogP contribution in [0.2, 0.25) is 10.0 Å². The van der Waals surface area contributed by atoms with Crippen LogP contribution in [0.1, 0.15) is 36.1 Å². The molecule has 2 aromatic rings. The van der Waals surface area contributed by atoms with E-state index in [1.807, 2.05) is 12.1 Å². The molecule has 0 bridgehead atoms. The molecule has 1 aromatic carbocycles. The van der Waals surface area contributed by atoms with Crippen molar-refractivity contribution in [3.8, 4) is 0 Å². The van der Waals surface area contributed by atoms with Gasteiger partial charge in [-0.3, -0.25) is 5.10 Å². The summed E-state index contributed by atoms with van der Waals surface area (Å²) >= 11 is 12.2. The van der Waals surface area contributed by atoms with E-state index in [0.29, 0.717) is 16.5 Å². The Labute approximate surface area is 121 Å². The van der Waals surface area contributed by atoms with Gasteiger partial charge in [0.25, 0.3) is 0 Å². The predicted molar refractivity (Wildman–Crippen MR) is 75.6 cm³/mol. The largest absolute Gasteiger partial charge is 0.307 e. The smallest absolute Gasteiger partial charge is 0.167 e. The highest BCUT2D eigenvalue weighted by molar-refractivity contribution is 6.42. The number of rotatable bonds is 3. The van der Waals surface area contributed by atoms with Crippen LogP contribution in [0.3, 0.4) is 0 Å². The number of aromatic amines is 1. The number of H-pyrrole nitrogens is 1. The molecule has 0 saturated carbocycles. The maximum absolute atomic E-state index is 6.17. The van der Waals surface area contributed by atoms with Gasteiger partial charge in [-0.25, -0.2) is 4.98 Å². The molecule has 2 N–H and O–H groups in total. The second kappa shape index (κ2) is 5.49. The molecule has 3 rings (SSSR count). The van der Waals surface area contributed by atoms with E-state index in [4.69, 9.17) is 23.2 Å². The van der Waals surface area contributed by atoms with Crippen LogP contribution in [0, 0.1) is 0 Å². The molecule has 1 fully saturated rings. The zero-order valence-corrected chi connectivity index (χ0v) is 11.8. The van der Waals surface area contributed by atoms with Crippen molar-refractivity contribution >= 4 is 23.2 Å². The third kappa shape index (κ3) is 2.76. The van der Waals surface area contributed by atoms with E-state index in [2.05, 4.69) is 20.5 Å². The zero-order chi connectivity index (χ0) is 13.2. The minimum Gasteiger partial charge on any atom is -0.307 e. The first-order chi connectivity index (χ1) is 9.24. The summed E-state index contributed by atoms with van der Waals surface area (Å²) in [6.07, 6.45) is 2.88. The summed E-state index contributed by atoms with van der Waals surface area (Å²) in [7, 11) is 0. The van der Waals surface area contributed by atoms with E-state index in [0.717, 1.165) is 30.2 Å². The Morgan fingerprint density at radius 1 is 1.32 bits per heavy atom. The van der Waals surface area contributed by atoms with Gasteiger partial charge in [0.2, 0.25) is 0 Å². The van der Waals surface area contributed by atoms with Crippen LogP contribution in [0.15, 0.2) is 18.2 Å². The molecule has 1 aliphatic heterocycles. The molecule has 1 aliphatic rings. The number of hydrogen-bond acceptors (Lipinski definition) is 3. The van der Waals surface area contributed by atoms with E-state index in [1.54, 1.807) is 6.07 Å². The van der Waals surface area contributed by atoms with Crippen LogP contribution in [0.4, 0.5) is 0 Å². The van der Waals surface area contributed by atoms with E-state index in [9.17, 15) is 0 Å². The van der Waals surface area contributed by atoms with Gasteiger partial charge in [-0.2, -0.15) is 5.10 Å². The highest BCUT2D eigenvalue weighted by Crippen LogP contribution is 2.27. The molecular weight excluding hydrogens is 283 g/mol. The average molecular weight is 297 g/mol. The molecule has 1 aromatic heterocycles. The molecule has 0 amide bonds. The Bertz CT molecular complexity index is 576. The highest BCUT2D eigenvalue weighted by atomic mass is 35.5. The van der Waals surface area contributed by atoms with Crippen LogP contribution in [-0.2, 0) is 6.42 Å². The first kappa shape index (κ1) is 12.9. The average Bonchev–Trinajstić information content (AvgIpc) is 3.05. The summed E-state index contributed by atoms with van der Waals surface area (Å²) < 4.78 is 0. The van der Waals surface area contributed by atoms with Gasteiger partial charge in [0.05, 0.1) is 16.1 Å². The van der Waals surface area contributed by atoms with Crippen molar-refractivity contribution in [1.29, 1.82) is 0 Å². The molecule has 0 spiro atoms. The molecule has 2 heterocycles. The van der Waals surface area contributed by atoms with E-state index >= 15 is 0 Å². The molecule has 0 aliphatic carbocycles. The van der Waals surface area contributed by atoms with Crippen LogP contribution < -0.4 is 5.32 Å². The first-order valence-corrected chi connectivity index (χ1v) is 7.07. The van der Waals surface area contributed by atoms with Crippen LogP contribution >= 0.6 is 23.2 Å². The molecule has 1 atom stereocenters. The Hall–Kier alpha value is -1.10. The Balaban J connectivity index is 1.78. The second-order valence-electron chi connectivity index (χ2n) is 4.68. The van der Waals surface area contributed by atoms with Crippen LogP contribution in [-0.4, -0.2) is 21.7 Å². The molecule has 6 heteroatoms. The van der Waals surface area contributed by atoms with Gasteiger partial charge in [0.15, 0.2) is 5.82 Å². The normalized spacial score (nSPS) is 18.9. The third-order valence-electron chi connectivity index (χ3n) is 3.31. The zero-order valence-electron chi connectivity index (χ0n) is 10.3. The van der Waals surface area contributed by atoms with E-state index in [1.165, 1.54) is 6.42 Å². The lowest BCUT2D eigenvalue weighted by Gasteiger charge is -2.04. The van der Waals surface area contributed by atoms with Crippen molar-refractivity contribution < 1.29 is 0 Å². The first-order valence-electron chi connectivity index (χ1n) is 6.31. The molecular formula is C13H14Cl2N4. The standard InChI is InChI=1S/C13H14Cl2N4/c14-9-4-1-3-8(12(9)15)7-11-17-13(19-18-11)10-5-2-6-16-10/h1,3-4,10,16H,2,5-7H2,(H,17,18,19). The summed E-state index contributed by atoms with van der Waals surface area (Å²) in [5.41, 5.74) is 0.955. The molecule has 4 nitrogen and oxygen atoms in total. The Morgan fingerprint density at radius 3 is 3.00 bits per heavy atom. The molecule has 19 heavy (non-hydrogen) atoms. The van der Waals surface area contributed by atoms with Crippen molar-refractivity contribution in [2.75, 3.05) is 6.54 Å². The number of nitrogens with one attached hydrogen (secondary N) is 2. The van der Waals surface area contributed by atoms with Gasteiger partial charge in [-0.1, -0.05) is 35.3 Å². The van der Waals surface area contributed by atoms with Crippen LogP contribution in [0.25, 0.3) is 0 Å². The molecule has 1 unspecified atom stereocenters. The Morgan fingerprint density at radius 2 is 2.21 bits per heavy atom. The lowest BCUT2D eigenvalue weighted by Crippen LogP contribution is -2.14. The van der Waals surface area contributed by atoms with Crippen LogP contribution in [0.5, 0.6) is 0 Å². The number of nitrogens with zero attached hydrogens (tertiary/aromatic N) is 2. The van der Waals surface area contributed by atoms with Gasteiger partial charge in [0.1, 0.15) is 5.82 Å². The lowest BCUT2D eigenvalue weighted by atomic mass is 10.1. The fraction of sp³-hybridized carbons (Fsp3) is 0.385. The fourth-order valence-electron chi connectivity index (χ4n) is 2.32. The van der Waals surface area contributed by atoms with E-state index in [-0.39, 0.29) is 6.04 Å². The molecule has 0 radical (unpaired) electrons. The van der Waals surface area contributed by atoms with Gasteiger partial charge in [0, 0.05) is 6.42 Å². The van der Waals surface area contributed by atoms with Crippen molar-refractivity contribution in [2.24, 2.45) is 0 Å².